The predicted octanol–water partition coefficient (Wildman–Crippen LogP) is 2.85. The second kappa shape index (κ2) is 7.91. The molecule has 0 saturated heterocycles. The largest absolute Gasteiger partial charge is 0.393 e. The maximum absolute atomic E-state index is 11.7. The fraction of sp³-hybridized carbons (Fsp3) is 0.533. The molecule has 0 aliphatic heterocycles. The monoisotopic (exact) mass is 313 g/mol. The van der Waals surface area contributed by atoms with E-state index < -0.39 is 0 Å². The summed E-state index contributed by atoms with van der Waals surface area (Å²) in [6.45, 7) is 0.595. The molecule has 1 aromatic carbocycles. The van der Waals surface area contributed by atoms with Gasteiger partial charge in [0, 0.05) is 23.2 Å². The molecule has 0 bridgehead atoms. The SMILES string of the molecule is O=C(CSCc1cccc(Cl)c1)NCC1CCCC1O. The van der Waals surface area contributed by atoms with Crippen LogP contribution in [0.3, 0.4) is 0 Å². The Morgan fingerprint density at radius 3 is 3.00 bits per heavy atom. The van der Waals surface area contributed by atoms with Crippen molar-refractivity contribution < 1.29 is 9.90 Å². The molecule has 1 aromatic rings. The number of amides is 1. The maximum Gasteiger partial charge on any atom is 0.230 e. The lowest BCUT2D eigenvalue weighted by molar-refractivity contribution is -0.118. The van der Waals surface area contributed by atoms with E-state index in [1.807, 2.05) is 24.3 Å². The normalized spacial score (nSPS) is 21.9. The molecular weight excluding hydrogens is 294 g/mol. The van der Waals surface area contributed by atoms with E-state index in [9.17, 15) is 9.90 Å². The van der Waals surface area contributed by atoms with Crippen molar-refractivity contribution in [1.82, 2.24) is 5.32 Å². The van der Waals surface area contributed by atoms with E-state index in [0.717, 1.165) is 35.6 Å². The summed E-state index contributed by atoms with van der Waals surface area (Å²) >= 11 is 7.48. The average Bonchev–Trinajstić information content (AvgIpc) is 2.82. The number of aliphatic hydroxyl groups excluding tert-OH is 1. The highest BCUT2D eigenvalue weighted by atomic mass is 35.5. The minimum absolute atomic E-state index is 0.0381. The van der Waals surface area contributed by atoms with Crippen molar-refractivity contribution in [3.63, 3.8) is 0 Å². The number of rotatable bonds is 6. The molecule has 0 heterocycles. The average molecular weight is 314 g/mol. The minimum Gasteiger partial charge on any atom is -0.393 e. The standard InChI is InChI=1S/C15H20ClNO2S/c16-13-5-1-3-11(7-13)9-20-10-15(19)17-8-12-4-2-6-14(12)18/h1,3,5,7,12,14,18H,2,4,6,8-10H2,(H,17,19). The topological polar surface area (TPSA) is 49.3 Å². The molecule has 2 N–H and O–H groups in total. The predicted molar refractivity (Wildman–Crippen MR) is 84.0 cm³/mol. The molecule has 5 heteroatoms. The van der Waals surface area contributed by atoms with E-state index in [2.05, 4.69) is 5.32 Å². The van der Waals surface area contributed by atoms with Crippen molar-refractivity contribution in [3.8, 4) is 0 Å². The summed E-state index contributed by atoms with van der Waals surface area (Å²) in [4.78, 5) is 11.7. The molecule has 2 atom stereocenters. The lowest BCUT2D eigenvalue weighted by Gasteiger charge is -2.14. The Bertz CT molecular complexity index is 455. The second-order valence-corrected chi connectivity index (χ2v) is 6.61. The lowest BCUT2D eigenvalue weighted by Crippen LogP contribution is -2.33. The molecule has 1 amide bonds. The van der Waals surface area contributed by atoms with E-state index in [4.69, 9.17) is 11.6 Å². The van der Waals surface area contributed by atoms with Gasteiger partial charge in [-0.25, -0.2) is 0 Å². The molecule has 3 nitrogen and oxygen atoms in total. The van der Waals surface area contributed by atoms with E-state index in [1.54, 1.807) is 11.8 Å². The van der Waals surface area contributed by atoms with Crippen molar-refractivity contribution in [2.45, 2.75) is 31.1 Å². The summed E-state index contributed by atoms with van der Waals surface area (Å²) in [5, 5.41) is 13.3. The van der Waals surface area contributed by atoms with Crippen LogP contribution in [0.25, 0.3) is 0 Å². The van der Waals surface area contributed by atoms with Crippen LogP contribution in [0, 0.1) is 5.92 Å². The fourth-order valence-corrected chi connectivity index (χ4v) is 3.46. The van der Waals surface area contributed by atoms with Crippen LogP contribution in [0.15, 0.2) is 24.3 Å². The molecular formula is C15H20ClNO2S. The highest BCUT2D eigenvalue weighted by Crippen LogP contribution is 2.24. The quantitative estimate of drug-likeness (QED) is 0.849. The Balaban J connectivity index is 1.63. The maximum atomic E-state index is 11.7. The highest BCUT2D eigenvalue weighted by molar-refractivity contribution is 7.99. The van der Waals surface area contributed by atoms with E-state index in [0.29, 0.717) is 12.3 Å². The zero-order chi connectivity index (χ0) is 14.4. The third kappa shape index (κ3) is 5.00. The van der Waals surface area contributed by atoms with Gasteiger partial charge < -0.3 is 10.4 Å². The number of halogens is 1. The highest BCUT2D eigenvalue weighted by Gasteiger charge is 2.25. The molecule has 0 aromatic heterocycles. The molecule has 1 aliphatic carbocycles. The number of hydrogen-bond donors (Lipinski definition) is 2. The molecule has 110 valence electrons. The van der Waals surface area contributed by atoms with Crippen LogP contribution < -0.4 is 5.32 Å². The molecule has 1 aliphatic rings. The lowest BCUT2D eigenvalue weighted by atomic mass is 10.1. The molecule has 20 heavy (non-hydrogen) atoms. The van der Waals surface area contributed by atoms with Crippen LogP contribution >= 0.6 is 23.4 Å². The van der Waals surface area contributed by atoms with Gasteiger partial charge in [-0.15, -0.1) is 11.8 Å². The van der Waals surface area contributed by atoms with Gasteiger partial charge in [0.1, 0.15) is 0 Å². The summed E-state index contributed by atoms with van der Waals surface area (Å²) in [7, 11) is 0. The third-order valence-electron chi connectivity index (χ3n) is 3.57. The number of aliphatic hydroxyl groups is 1. The Morgan fingerprint density at radius 1 is 1.45 bits per heavy atom. The van der Waals surface area contributed by atoms with Gasteiger partial charge in [0.2, 0.25) is 5.91 Å². The van der Waals surface area contributed by atoms with Crippen LogP contribution in [0.5, 0.6) is 0 Å². The van der Waals surface area contributed by atoms with Gasteiger partial charge in [-0.05, 0) is 30.5 Å². The van der Waals surface area contributed by atoms with Gasteiger partial charge in [0.15, 0.2) is 0 Å². The summed E-state index contributed by atoms with van der Waals surface area (Å²) < 4.78 is 0. The summed E-state index contributed by atoms with van der Waals surface area (Å²) in [5.74, 6) is 1.49. The van der Waals surface area contributed by atoms with Gasteiger partial charge in [-0.1, -0.05) is 30.2 Å². The first-order chi connectivity index (χ1) is 9.65. The third-order valence-corrected chi connectivity index (χ3v) is 4.81. The minimum atomic E-state index is -0.241. The van der Waals surface area contributed by atoms with Gasteiger partial charge in [-0.3, -0.25) is 4.79 Å². The summed E-state index contributed by atoms with van der Waals surface area (Å²) in [6.07, 6.45) is 2.70. The van der Waals surface area contributed by atoms with Crippen LogP contribution in [-0.2, 0) is 10.5 Å². The number of nitrogens with one attached hydrogen (secondary N) is 1. The zero-order valence-corrected chi connectivity index (χ0v) is 12.9. The first-order valence-electron chi connectivity index (χ1n) is 6.92. The first-order valence-corrected chi connectivity index (χ1v) is 8.45. The van der Waals surface area contributed by atoms with Crippen LogP contribution in [0.1, 0.15) is 24.8 Å². The Hall–Kier alpha value is -0.710. The molecule has 0 radical (unpaired) electrons. The Kier molecular flexibility index (Phi) is 6.20. The first kappa shape index (κ1) is 15.7. The summed E-state index contributed by atoms with van der Waals surface area (Å²) in [6, 6.07) is 7.68. The Labute approximate surface area is 129 Å². The van der Waals surface area contributed by atoms with Crippen LogP contribution in [0.2, 0.25) is 5.02 Å². The summed E-state index contributed by atoms with van der Waals surface area (Å²) in [5.41, 5.74) is 1.13. The van der Waals surface area contributed by atoms with Crippen molar-refractivity contribution in [2.24, 2.45) is 5.92 Å². The zero-order valence-electron chi connectivity index (χ0n) is 11.3. The molecule has 1 saturated carbocycles. The van der Waals surface area contributed by atoms with Gasteiger partial charge in [-0.2, -0.15) is 0 Å². The van der Waals surface area contributed by atoms with Crippen molar-refractivity contribution in [3.05, 3.63) is 34.9 Å². The Morgan fingerprint density at radius 2 is 2.30 bits per heavy atom. The van der Waals surface area contributed by atoms with Crippen LogP contribution in [0.4, 0.5) is 0 Å². The van der Waals surface area contributed by atoms with Crippen LogP contribution in [-0.4, -0.2) is 29.4 Å². The fourth-order valence-electron chi connectivity index (χ4n) is 2.44. The van der Waals surface area contributed by atoms with E-state index in [-0.39, 0.29) is 17.9 Å². The smallest absolute Gasteiger partial charge is 0.230 e. The molecule has 0 spiro atoms. The molecule has 2 rings (SSSR count). The number of carbonyl (C=O) groups is 1. The van der Waals surface area contributed by atoms with Crippen molar-refractivity contribution in [2.75, 3.05) is 12.3 Å². The number of benzene rings is 1. The number of carbonyl (C=O) groups excluding carboxylic acids is 1. The van der Waals surface area contributed by atoms with Crippen molar-refractivity contribution >= 4 is 29.3 Å². The molecule has 1 fully saturated rings. The van der Waals surface area contributed by atoms with Gasteiger partial charge >= 0.3 is 0 Å². The van der Waals surface area contributed by atoms with E-state index in [1.165, 1.54) is 0 Å². The van der Waals surface area contributed by atoms with Gasteiger partial charge in [0.25, 0.3) is 0 Å². The number of thioether (sulfide) groups is 1. The van der Waals surface area contributed by atoms with Gasteiger partial charge in [0.05, 0.1) is 11.9 Å². The van der Waals surface area contributed by atoms with E-state index >= 15 is 0 Å². The molecule has 2 unspecified atom stereocenters. The second-order valence-electron chi connectivity index (χ2n) is 5.19. The van der Waals surface area contributed by atoms with Crippen molar-refractivity contribution in [1.29, 1.82) is 0 Å². The number of hydrogen-bond acceptors (Lipinski definition) is 3.